The van der Waals surface area contributed by atoms with E-state index in [1.54, 1.807) is 6.92 Å². The van der Waals surface area contributed by atoms with E-state index < -0.39 is 48.5 Å². The molecule has 1 rings (SSSR count). The van der Waals surface area contributed by atoms with Crippen LogP contribution in [0.25, 0.3) is 0 Å². The minimum Gasteiger partial charge on any atom is -0.504 e. The fraction of sp³-hybridized carbons (Fsp3) is 0.500. The molecule has 0 heterocycles. The predicted molar refractivity (Wildman–Crippen MR) is 74.0 cm³/mol. The van der Waals surface area contributed by atoms with Gasteiger partial charge >= 0.3 is 5.97 Å². The first-order chi connectivity index (χ1) is 10.3. The third kappa shape index (κ3) is 4.57. The largest absolute Gasteiger partial charge is 0.504 e. The number of aromatic hydroxyl groups is 2. The lowest BCUT2D eigenvalue weighted by Gasteiger charge is -2.22. The topological polar surface area (TPSA) is 148 Å². The lowest BCUT2D eigenvalue weighted by atomic mass is 10.1. The van der Waals surface area contributed by atoms with Crippen LogP contribution in [0.1, 0.15) is 25.0 Å². The molecule has 0 fully saturated rings. The summed E-state index contributed by atoms with van der Waals surface area (Å²) in [5.74, 6) is -2.02. The standard InChI is InChI=1S/C14H20O8/c1-2-8(15)13(20)11(18)6-22-14(21)12(19)7-3-4-9(16)10(17)5-7/h3-5,8,11-13,15-20H,2,6H2,1H3. The molecule has 0 bridgehead atoms. The number of hydrogen-bond donors (Lipinski definition) is 6. The van der Waals surface area contributed by atoms with E-state index in [0.29, 0.717) is 0 Å². The highest BCUT2D eigenvalue weighted by atomic mass is 16.6. The molecule has 6 N–H and O–H groups in total. The van der Waals surface area contributed by atoms with E-state index in [1.165, 1.54) is 6.07 Å². The van der Waals surface area contributed by atoms with Crippen molar-refractivity contribution >= 4 is 5.97 Å². The molecule has 1 aromatic carbocycles. The van der Waals surface area contributed by atoms with Crippen LogP contribution >= 0.6 is 0 Å². The van der Waals surface area contributed by atoms with Crippen LogP contribution in [0.5, 0.6) is 11.5 Å². The van der Waals surface area contributed by atoms with Gasteiger partial charge in [-0.2, -0.15) is 0 Å². The van der Waals surface area contributed by atoms with Gasteiger partial charge in [-0.3, -0.25) is 0 Å². The molecule has 4 unspecified atom stereocenters. The third-order valence-electron chi connectivity index (χ3n) is 3.14. The zero-order valence-electron chi connectivity index (χ0n) is 12.0. The fourth-order valence-corrected chi connectivity index (χ4v) is 1.69. The van der Waals surface area contributed by atoms with Gasteiger partial charge in [-0.1, -0.05) is 13.0 Å². The van der Waals surface area contributed by atoms with Crippen LogP contribution in [-0.2, 0) is 9.53 Å². The molecular formula is C14H20O8. The predicted octanol–water partition coefficient (Wildman–Crippen LogP) is -0.833. The number of benzene rings is 1. The van der Waals surface area contributed by atoms with Crippen molar-refractivity contribution in [3.63, 3.8) is 0 Å². The van der Waals surface area contributed by atoms with Crippen molar-refractivity contribution < 1.29 is 40.2 Å². The average molecular weight is 316 g/mol. The number of ether oxygens (including phenoxy) is 1. The molecule has 0 saturated heterocycles. The fourth-order valence-electron chi connectivity index (χ4n) is 1.69. The molecule has 0 aliphatic carbocycles. The molecule has 0 aliphatic rings. The molecule has 0 saturated carbocycles. The van der Waals surface area contributed by atoms with Crippen LogP contribution in [0.15, 0.2) is 18.2 Å². The van der Waals surface area contributed by atoms with Crippen LogP contribution in [0.2, 0.25) is 0 Å². The minimum absolute atomic E-state index is 0.0102. The average Bonchev–Trinajstić information content (AvgIpc) is 2.52. The zero-order valence-corrected chi connectivity index (χ0v) is 12.0. The maximum absolute atomic E-state index is 11.6. The highest BCUT2D eigenvalue weighted by Gasteiger charge is 2.26. The molecular weight excluding hydrogens is 296 g/mol. The maximum Gasteiger partial charge on any atom is 0.339 e. The van der Waals surface area contributed by atoms with Crippen LogP contribution < -0.4 is 0 Å². The van der Waals surface area contributed by atoms with Gasteiger partial charge in [-0.15, -0.1) is 0 Å². The number of aliphatic hydroxyl groups excluding tert-OH is 4. The number of esters is 1. The monoisotopic (exact) mass is 316 g/mol. The van der Waals surface area contributed by atoms with Crippen molar-refractivity contribution in [2.45, 2.75) is 37.8 Å². The smallest absolute Gasteiger partial charge is 0.339 e. The molecule has 0 aromatic heterocycles. The van der Waals surface area contributed by atoms with Gasteiger partial charge in [0.05, 0.1) is 6.10 Å². The normalized spacial score (nSPS) is 16.6. The molecule has 1 aromatic rings. The van der Waals surface area contributed by atoms with Gasteiger partial charge in [0.1, 0.15) is 18.8 Å². The van der Waals surface area contributed by atoms with Gasteiger partial charge in [0, 0.05) is 0 Å². The summed E-state index contributed by atoms with van der Waals surface area (Å²) in [7, 11) is 0. The summed E-state index contributed by atoms with van der Waals surface area (Å²) < 4.78 is 4.65. The molecule has 22 heavy (non-hydrogen) atoms. The Hall–Kier alpha value is -1.87. The van der Waals surface area contributed by atoms with Gasteiger partial charge in [-0.25, -0.2) is 4.79 Å². The van der Waals surface area contributed by atoms with E-state index in [1.807, 2.05) is 0 Å². The summed E-state index contributed by atoms with van der Waals surface area (Å²) in [6, 6.07) is 3.30. The first kappa shape index (κ1) is 18.2. The Labute approximate surface area is 126 Å². The first-order valence-electron chi connectivity index (χ1n) is 6.68. The summed E-state index contributed by atoms with van der Waals surface area (Å²) in [5.41, 5.74) is -0.0102. The van der Waals surface area contributed by atoms with Crippen LogP contribution in [0.4, 0.5) is 0 Å². The number of rotatable bonds is 7. The molecule has 0 radical (unpaired) electrons. The Morgan fingerprint density at radius 3 is 2.27 bits per heavy atom. The number of carbonyl (C=O) groups excluding carboxylic acids is 1. The van der Waals surface area contributed by atoms with Crippen LogP contribution in [0.3, 0.4) is 0 Å². The summed E-state index contributed by atoms with van der Waals surface area (Å²) in [4.78, 5) is 11.6. The number of phenols is 2. The second-order valence-electron chi connectivity index (χ2n) is 4.81. The van der Waals surface area contributed by atoms with E-state index in [2.05, 4.69) is 4.74 Å². The van der Waals surface area contributed by atoms with Crippen molar-refractivity contribution in [2.75, 3.05) is 6.61 Å². The van der Waals surface area contributed by atoms with Crippen molar-refractivity contribution in [3.8, 4) is 11.5 Å². The van der Waals surface area contributed by atoms with Gasteiger partial charge in [0.2, 0.25) is 0 Å². The molecule has 124 valence electrons. The number of aliphatic hydroxyl groups is 4. The van der Waals surface area contributed by atoms with E-state index in [9.17, 15) is 30.3 Å². The summed E-state index contributed by atoms with van der Waals surface area (Å²) in [6.07, 6.45) is -5.66. The Morgan fingerprint density at radius 1 is 1.09 bits per heavy atom. The minimum atomic E-state index is -1.73. The molecule has 0 amide bonds. The Balaban J connectivity index is 2.59. The second-order valence-corrected chi connectivity index (χ2v) is 4.81. The van der Waals surface area contributed by atoms with E-state index in [4.69, 9.17) is 5.11 Å². The van der Waals surface area contributed by atoms with Gasteiger partial charge in [-0.05, 0) is 24.1 Å². The van der Waals surface area contributed by atoms with E-state index >= 15 is 0 Å². The Morgan fingerprint density at radius 2 is 1.73 bits per heavy atom. The van der Waals surface area contributed by atoms with E-state index in [0.717, 1.165) is 12.1 Å². The highest BCUT2D eigenvalue weighted by molar-refractivity contribution is 5.76. The summed E-state index contributed by atoms with van der Waals surface area (Å²) in [5, 5.41) is 56.6. The third-order valence-corrected chi connectivity index (χ3v) is 3.14. The number of hydrogen-bond acceptors (Lipinski definition) is 8. The molecule has 4 atom stereocenters. The van der Waals surface area contributed by atoms with Crippen molar-refractivity contribution in [1.82, 2.24) is 0 Å². The first-order valence-corrected chi connectivity index (χ1v) is 6.68. The molecule has 8 nitrogen and oxygen atoms in total. The second kappa shape index (κ2) is 7.95. The van der Waals surface area contributed by atoms with Crippen LogP contribution in [-0.4, -0.2) is 61.5 Å². The van der Waals surface area contributed by atoms with Gasteiger partial charge in [0.15, 0.2) is 17.6 Å². The Bertz CT molecular complexity index is 504. The quantitative estimate of drug-likeness (QED) is 0.282. The molecule has 0 spiro atoms. The number of carbonyl (C=O) groups is 1. The van der Waals surface area contributed by atoms with Crippen molar-refractivity contribution in [3.05, 3.63) is 23.8 Å². The number of phenolic OH excluding ortho intramolecular Hbond substituents is 2. The molecule has 0 aliphatic heterocycles. The highest BCUT2D eigenvalue weighted by Crippen LogP contribution is 2.28. The van der Waals surface area contributed by atoms with Crippen molar-refractivity contribution in [2.24, 2.45) is 0 Å². The summed E-state index contributed by atoms with van der Waals surface area (Å²) >= 11 is 0. The maximum atomic E-state index is 11.6. The lowest BCUT2D eigenvalue weighted by Crippen LogP contribution is -2.40. The van der Waals surface area contributed by atoms with Gasteiger partial charge in [0.25, 0.3) is 0 Å². The Kier molecular flexibility index (Phi) is 6.57. The van der Waals surface area contributed by atoms with Crippen LogP contribution in [0, 0.1) is 0 Å². The van der Waals surface area contributed by atoms with E-state index in [-0.39, 0.29) is 12.0 Å². The lowest BCUT2D eigenvalue weighted by molar-refractivity contribution is -0.161. The summed E-state index contributed by atoms with van der Waals surface area (Å²) in [6.45, 7) is 0.992. The zero-order chi connectivity index (χ0) is 16.9. The van der Waals surface area contributed by atoms with Crippen molar-refractivity contribution in [1.29, 1.82) is 0 Å². The van der Waals surface area contributed by atoms with Gasteiger partial charge < -0.3 is 35.4 Å². The SMILES string of the molecule is CCC(O)C(O)C(O)COC(=O)C(O)c1ccc(O)c(O)c1. The molecule has 8 heteroatoms.